The Morgan fingerprint density at radius 3 is 2.69 bits per heavy atom. The van der Waals surface area contributed by atoms with E-state index in [0.717, 1.165) is 43.9 Å². The summed E-state index contributed by atoms with van der Waals surface area (Å²) >= 11 is 0. The van der Waals surface area contributed by atoms with E-state index >= 15 is 0 Å². The smallest absolute Gasteiger partial charge is 0.0605 e. The summed E-state index contributed by atoms with van der Waals surface area (Å²) < 4.78 is 0. The van der Waals surface area contributed by atoms with Crippen molar-refractivity contribution in [1.82, 2.24) is 20.6 Å². The maximum absolute atomic E-state index is 4.63. The van der Waals surface area contributed by atoms with Crippen LogP contribution < -0.4 is 10.6 Å². The van der Waals surface area contributed by atoms with Gasteiger partial charge in [-0.2, -0.15) is 0 Å². The zero-order chi connectivity index (χ0) is 20.1. The number of aromatic nitrogens is 2. The topological polar surface area (TPSA) is 49.8 Å². The lowest BCUT2D eigenvalue weighted by molar-refractivity contribution is 0.447. The maximum Gasteiger partial charge on any atom is 0.0605 e. The Morgan fingerprint density at radius 1 is 0.966 bits per heavy atom. The van der Waals surface area contributed by atoms with E-state index in [0.29, 0.717) is 6.04 Å². The van der Waals surface area contributed by atoms with Gasteiger partial charge in [-0.05, 0) is 73.6 Å². The molecule has 1 unspecified atom stereocenters. The van der Waals surface area contributed by atoms with E-state index in [9.17, 15) is 0 Å². The summed E-state index contributed by atoms with van der Waals surface area (Å²) in [6.45, 7) is 6.67. The van der Waals surface area contributed by atoms with Crippen LogP contribution in [0.5, 0.6) is 0 Å². The Labute approximate surface area is 173 Å². The fraction of sp³-hybridized carbons (Fsp3) is 0.360. The minimum Gasteiger partial charge on any atom is -0.307 e. The Kier molecular flexibility index (Phi) is 6.33. The first-order valence-corrected chi connectivity index (χ1v) is 10.6. The molecule has 0 aliphatic heterocycles. The van der Waals surface area contributed by atoms with E-state index < -0.39 is 0 Å². The van der Waals surface area contributed by atoms with Crippen LogP contribution in [0.1, 0.15) is 58.2 Å². The third-order valence-electron chi connectivity index (χ3n) is 5.53. The standard InChI is InChI=1S/C25H30N4/c1-18-12-19(2)29-23(13-18)17-26-15-20-6-3-7-21(14-20)16-28-24-10-4-8-22-9-5-11-27-25(22)24/h3,5-7,9,11-14,24,26,28H,4,8,10,15-17H2,1-2H3. The second-order valence-electron chi connectivity index (χ2n) is 8.07. The Morgan fingerprint density at radius 2 is 1.83 bits per heavy atom. The van der Waals surface area contributed by atoms with Crippen molar-refractivity contribution in [2.24, 2.45) is 0 Å². The number of aryl methyl sites for hydroxylation is 3. The van der Waals surface area contributed by atoms with Gasteiger partial charge in [-0.25, -0.2) is 0 Å². The average Bonchev–Trinajstić information content (AvgIpc) is 2.72. The number of fused-ring (bicyclic) bond motifs is 1. The van der Waals surface area contributed by atoms with Crippen molar-refractivity contribution >= 4 is 0 Å². The highest BCUT2D eigenvalue weighted by Gasteiger charge is 2.20. The number of benzene rings is 1. The van der Waals surface area contributed by atoms with Crippen LogP contribution in [-0.4, -0.2) is 9.97 Å². The Hall–Kier alpha value is -2.56. The van der Waals surface area contributed by atoms with Crippen molar-refractivity contribution in [3.8, 4) is 0 Å². The van der Waals surface area contributed by atoms with Crippen molar-refractivity contribution in [1.29, 1.82) is 0 Å². The monoisotopic (exact) mass is 386 g/mol. The van der Waals surface area contributed by atoms with Gasteiger partial charge >= 0.3 is 0 Å². The van der Waals surface area contributed by atoms with Crippen LogP contribution in [0, 0.1) is 13.8 Å². The third-order valence-corrected chi connectivity index (χ3v) is 5.53. The summed E-state index contributed by atoms with van der Waals surface area (Å²) in [6, 6.07) is 17.7. The highest BCUT2D eigenvalue weighted by molar-refractivity contribution is 5.27. The van der Waals surface area contributed by atoms with Gasteiger partial charge in [-0.15, -0.1) is 0 Å². The molecule has 2 heterocycles. The number of hydrogen-bond acceptors (Lipinski definition) is 4. The summed E-state index contributed by atoms with van der Waals surface area (Å²) in [7, 11) is 0. The molecule has 0 radical (unpaired) electrons. The number of nitrogens with zero attached hydrogens (tertiary/aromatic N) is 2. The fourth-order valence-electron chi connectivity index (χ4n) is 4.25. The van der Waals surface area contributed by atoms with Crippen LogP contribution >= 0.6 is 0 Å². The Balaban J connectivity index is 1.32. The summed E-state index contributed by atoms with van der Waals surface area (Å²) in [5.41, 5.74) is 8.69. The molecule has 2 N–H and O–H groups in total. The van der Waals surface area contributed by atoms with Gasteiger partial charge in [0.2, 0.25) is 0 Å². The van der Waals surface area contributed by atoms with Gasteiger partial charge in [0.05, 0.1) is 17.4 Å². The normalized spacial score (nSPS) is 15.9. The van der Waals surface area contributed by atoms with Gasteiger partial charge in [0.1, 0.15) is 0 Å². The number of rotatable bonds is 7. The second kappa shape index (κ2) is 9.29. The van der Waals surface area contributed by atoms with E-state index in [1.165, 1.54) is 34.4 Å². The second-order valence-corrected chi connectivity index (χ2v) is 8.07. The third kappa shape index (κ3) is 5.28. The molecule has 1 aliphatic carbocycles. The molecule has 0 saturated carbocycles. The molecule has 0 amide bonds. The van der Waals surface area contributed by atoms with Crippen LogP contribution in [-0.2, 0) is 26.1 Å². The molecular weight excluding hydrogens is 356 g/mol. The average molecular weight is 387 g/mol. The molecule has 4 rings (SSSR count). The number of hydrogen-bond donors (Lipinski definition) is 2. The van der Waals surface area contributed by atoms with Gasteiger partial charge in [0, 0.05) is 31.5 Å². The fourth-order valence-corrected chi connectivity index (χ4v) is 4.25. The van der Waals surface area contributed by atoms with Crippen LogP contribution in [0.15, 0.2) is 54.7 Å². The molecule has 0 spiro atoms. The number of pyridine rings is 2. The molecule has 1 aliphatic rings. The molecule has 3 aromatic rings. The molecule has 0 saturated heterocycles. The van der Waals surface area contributed by atoms with Gasteiger partial charge < -0.3 is 10.6 Å². The van der Waals surface area contributed by atoms with Crippen LogP contribution in [0.2, 0.25) is 0 Å². The largest absolute Gasteiger partial charge is 0.307 e. The van der Waals surface area contributed by atoms with E-state index in [2.05, 4.69) is 70.0 Å². The molecule has 0 bridgehead atoms. The summed E-state index contributed by atoms with van der Waals surface area (Å²) in [6.07, 6.45) is 5.45. The quantitative estimate of drug-likeness (QED) is 0.625. The number of nitrogens with one attached hydrogen (secondary N) is 2. The van der Waals surface area contributed by atoms with Gasteiger partial charge in [-0.1, -0.05) is 30.3 Å². The van der Waals surface area contributed by atoms with Crippen LogP contribution in [0.4, 0.5) is 0 Å². The highest BCUT2D eigenvalue weighted by atomic mass is 14.9. The van der Waals surface area contributed by atoms with Crippen molar-refractivity contribution in [3.63, 3.8) is 0 Å². The lowest BCUT2D eigenvalue weighted by Gasteiger charge is -2.25. The van der Waals surface area contributed by atoms with E-state index in [1.54, 1.807) is 0 Å². The molecule has 0 fully saturated rings. The van der Waals surface area contributed by atoms with Gasteiger partial charge in [0.15, 0.2) is 0 Å². The van der Waals surface area contributed by atoms with Crippen molar-refractivity contribution in [2.75, 3.05) is 0 Å². The molecular formula is C25H30N4. The SMILES string of the molecule is Cc1cc(C)nc(CNCc2cccc(CNC3CCCc4cccnc43)c2)c1. The predicted molar refractivity (Wildman–Crippen MR) is 117 cm³/mol. The first-order chi connectivity index (χ1) is 14.2. The summed E-state index contributed by atoms with van der Waals surface area (Å²) in [4.78, 5) is 9.24. The zero-order valence-corrected chi connectivity index (χ0v) is 17.4. The molecule has 4 heteroatoms. The van der Waals surface area contributed by atoms with Gasteiger partial charge in [0.25, 0.3) is 0 Å². The molecule has 150 valence electrons. The summed E-state index contributed by atoms with van der Waals surface area (Å²) in [5, 5.41) is 7.25. The predicted octanol–water partition coefficient (Wildman–Crippen LogP) is 4.55. The molecule has 4 nitrogen and oxygen atoms in total. The van der Waals surface area contributed by atoms with Crippen molar-refractivity contribution in [2.45, 2.75) is 58.8 Å². The first kappa shape index (κ1) is 19.7. The van der Waals surface area contributed by atoms with E-state index in [1.807, 2.05) is 19.2 Å². The molecule has 1 aromatic carbocycles. The summed E-state index contributed by atoms with van der Waals surface area (Å²) in [5.74, 6) is 0. The minimum atomic E-state index is 0.359. The lowest BCUT2D eigenvalue weighted by atomic mass is 9.92. The van der Waals surface area contributed by atoms with Crippen LogP contribution in [0.3, 0.4) is 0 Å². The molecule has 1 atom stereocenters. The Bertz CT molecular complexity index is 946. The van der Waals surface area contributed by atoms with Gasteiger partial charge in [-0.3, -0.25) is 9.97 Å². The maximum atomic E-state index is 4.63. The van der Waals surface area contributed by atoms with Crippen LogP contribution in [0.25, 0.3) is 0 Å². The molecule has 2 aromatic heterocycles. The highest BCUT2D eigenvalue weighted by Crippen LogP contribution is 2.27. The zero-order valence-electron chi connectivity index (χ0n) is 17.4. The first-order valence-electron chi connectivity index (χ1n) is 10.6. The van der Waals surface area contributed by atoms with Crippen molar-refractivity contribution < 1.29 is 0 Å². The minimum absolute atomic E-state index is 0.359. The van der Waals surface area contributed by atoms with Crippen molar-refractivity contribution in [3.05, 3.63) is 94.1 Å². The lowest BCUT2D eigenvalue weighted by Crippen LogP contribution is -2.26. The van der Waals surface area contributed by atoms with E-state index in [4.69, 9.17) is 0 Å². The van der Waals surface area contributed by atoms with E-state index in [-0.39, 0.29) is 0 Å². The molecule has 29 heavy (non-hydrogen) atoms.